The van der Waals surface area contributed by atoms with E-state index in [4.69, 9.17) is 16.3 Å². The van der Waals surface area contributed by atoms with Gasteiger partial charge in [-0.25, -0.2) is 0 Å². The minimum Gasteiger partial charge on any atom is -0.456 e. The zero-order valence-corrected chi connectivity index (χ0v) is 16.9. The number of aryl methyl sites for hydroxylation is 3. The summed E-state index contributed by atoms with van der Waals surface area (Å²) in [4.78, 5) is 35.6. The van der Waals surface area contributed by atoms with Crippen molar-refractivity contribution in [2.45, 2.75) is 33.6 Å². The number of carbonyl (C=O) groups excluding carboxylic acids is 3. The van der Waals surface area contributed by atoms with Crippen LogP contribution in [0.3, 0.4) is 0 Å². The third kappa shape index (κ3) is 6.70. The molecule has 0 aliphatic carbocycles. The Hall–Kier alpha value is -2.86. The van der Waals surface area contributed by atoms with Crippen LogP contribution in [0.4, 0.5) is 11.4 Å². The van der Waals surface area contributed by atoms with E-state index in [0.29, 0.717) is 10.7 Å². The molecule has 2 amide bonds. The first-order valence-corrected chi connectivity index (χ1v) is 9.21. The molecule has 0 radical (unpaired) electrons. The number of ether oxygens (including phenoxy) is 1. The SMILES string of the molecule is Cc1ccc(C)c(NC(=O)CCC(=O)OCC(=O)Nc2ccc(C)c(Cl)c2)c1. The Balaban J connectivity index is 1.73. The zero-order chi connectivity index (χ0) is 20.7. The fourth-order valence-electron chi connectivity index (χ4n) is 2.38. The second kappa shape index (κ2) is 9.90. The quantitative estimate of drug-likeness (QED) is 0.681. The van der Waals surface area contributed by atoms with Gasteiger partial charge in [0, 0.05) is 22.8 Å². The van der Waals surface area contributed by atoms with Gasteiger partial charge in [-0.1, -0.05) is 29.8 Å². The number of halogens is 1. The number of carbonyl (C=O) groups is 3. The van der Waals surface area contributed by atoms with Gasteiger partial charge in [0.05, 0.1) is 6.42 Å². The summed E-state index contributed by atoms with van der Waals surface area (Å²) in [7, 11) is 0. The third-order valence-electron chi connectivity index (χ3n) is 4.04. The maximum absolute atomic E-state index is 12.0. The van der Waals surface area contributed by atoms with Gasteiger partial charge in [-0.05, 0) is 55.7 Å². The Morgan fingerprint density at radius 2 is 1.61 bits per heavy atom. The minimum atomic E-state index is -0.617. The fourth-order valence-corrected chi connectivity index (χ4v) is 2.57. The molecule has 0 aliphatic heterocycles. The van der Waals surface area contributed by atoms with Crippen LogP contribution < -0.4 is 10.6 Å². The fraction of sp³-hybridized carbons (Fsp3) is 0.286. The lowest BCUT2D eigenvalue weighted by Gasteiger charge is -2.10. The Morgan fingerprint density at radius 1 is 0.893 bits per heavy atom. The number of hydrogen-bond donors (Lipinski definition) is 2. The molecule has 148 valence electrons. The van der Waals surface area contributed by atoms with E-state index in [1.165, 1.54) is 0 Å². The number of rotatable bonds is 7. The molecule has 0 saturated carbocycles. The first kappa shape index (κ1) is 21.4. The summed E-state index contributed by atoms with van der Waals surface area (Å²) in [5, 5.41) is 5.90. The zero-order valence-electron chi connectivity index (χ0n) is 16.1. The molecule has 0 aromatic heterocycles. The van der Waals surface area contributed by atoms with Crippen molar-refractivity contribution in [1.29, 1.82) is 0 Å². The van der Waals surface area contributed by atoms with E-state index in [1.807, 2.05) is 39.0 Å². The molecule has 0 atom stereocenters. The van der Waals surface area contributed by atoms with Crippen LogP contribution in [0.15, 0.2) is 36.4 Å². The lowest BCUT2D eigenvalue weighted by molar-refractivity contribution is -0.147. The van der Waals surface area contributed by atoms with Crippen molar-refractivity contribution < 1.29 is 19.1 Å². The van der Waals surface area contributed by atoms with Crippen LogP contribution in [-0.2, 0) is 19.1 Å². The second-order valence-electron chi connectivity index (χ2n) is 6.54. The van der Waals surface area contributed by atoms with Gasteiger partial charge in [0.1, 0.15) is 0 Å². The molecule has 0 fully saturated rings. The first-order valence-electron chi connectivity index (χ1n) is 8.83. The predicted octanol–water partition coefficient (Wildman–Crippen LogP) is 4.17. The number of nitrogens with one attached hydrogen (secondary N) is 2. The Morgan fingerprint density at radius 3 is 2.32 bits per heavy atom. The summed E-state index contributed by atoms with van der Waals surface area (Å²) in [6, 6.07) is 10.8. The van der Waals surface area contributed by atoms with Gasteiger partial charge in [-0.3, -0.25) is 14.4 Å². The average molecular weight is 403 g/mol. The van der Waals surface area contributed by atoms with E-state index in [0.717, 1.165) is 22.4 Å². The lowest BCUT2D eigenvalue weighted by atomic mass is 10.1. The summed E-state index contributed by atoms with van der Waals surface area (Å²) in [5.41, 5.74) is 4.10. The van der Waals surface area contributed by atoms with Crippen LogP contribution in [-0.4, -0.2) is 24.4 Å². The molecule has 2 N–H and O–H groups in total. The molecule has 28 heavy (non-hydrogen) atoms. The normalized spacial score (nSPS) is 10.3. The number of hydrogen-bond acceptors (Lipinski definition) is 4. The van der Waals surface area contributed by atoms with E-state index in [2.05, 4.69) is 10.6 Å². The van der Waals surface area contributed by atoms with Gasteiger partial charge in [0.2, 0.25) is 5.91 Å². The van der Waals surface area contributed by atoms with Gasteiger partial charge in [-0.2, -0.15) is 0 Å². The highest BCUT2D eigenvalue weighted by molar-refractivity contribution is 6.31. The molecule has 2 rings (SSSR count). The molecule has 2 aromatic rings. The van der Waals surface area contributed by atoms with Crippen molar-refractivity contribution in [1.82, 2.24) is 0 Å². The largest absolute Gasteiger partial charge is 0.456 e. The van der Waals surface area contributed by atoms with E-state index >= 15 is 0 Å². The van der Waals surface area contributed by atoms with E-state index in [1.54, 1.807) is 18.2 Å². The van der Waals surface area contributed by atoms with E-state index < -0.39 is 18.5 Å². The minimum absolute atomic E-state index is 0.0264. The number of esters is 1. The van der Waals surface area contributed by atoms with Gasteiger partial charge in [-0.15, -0.1) is 0 Å². The topological polar surface area (TPSA) is 84.5 Å². The van der Waals surface area contributed by atoms with E-state index in [9.17, 15) is 14.4 Å². The van der Waals surface area contributed by atoms with Crippen molar-refractivity contribution in [3.8, 4) is 0 Å². The van der Waals surface area contributed by atoms with Crippen molar-refractivity contribution in [3.63, 3.8) is 0 Å². The van der Waals surface area contributed by atoms with Crippen molar-refractivity contribution in [2.24, 2.45) is 0 Å². The smallest absolute Gasteiger partial charge is 0.306 e. The molecular weight excluding hydrogens is 380 g/mol. The number of benzene rings is 2. The number of anilines is 2. The standard InChI is InChI=1S/C21H23ClN2O4/c1-13-4-5-15(3)18(10-13)24-19(25)8-9-21(27)28-12-20(26)23-16-7-6-14(2)17(22)11-16/h4-7,10-11H,8-9,12H2,1-3H3,(H,23,26)(H,24,25). The van der Waals surface area contributed by atoms with Gasteiger partial charge < -0.3 is 15.4 Å². The predicted molar refractivity (Wildman–Crippen MR) is 110 cm³/mol. The summed E-state index contributed by atoms with van der Waals surface area (Å²) in [5.74, 6) is -1.38. The van der Waals surface area contributed by atoms with E-state index in [-0.39, 0.29) is 18.7 Å². The highest BCUT2D eigenvalue weighted by atomic mass is 35.5. The maximum Gasteiger partial charge on any atom is 0.306 e. The van der Waals surface area contributed by atoms with Gasteiger partial charge >= 0.3 is 5.97 Å². The number of amides is 2. The van der Waals surface area contributed by atoms with Crippen LogP contribution >= 0.6 is 11.6 Å². The molecule has 0 aliphatic rings. The van der Waals surface area contributed by atoms with Crippen LogP contribution in [0.1, 0.15) is 29.5 Å². The Bertz CT molecular complexity index is 896. The molecule has 6 nitrogen and oxygen atoms in total. The summed E-state index contributed by atoms with van der Waals surface area (Å²) in [6.07, 6.45) is -0.137. The molecular formula is C21H23ClN2O4. The monoisotopic (exact) mass is 402 g/mol. The second-order valence-corrected chi connectivity index (χ2v) is 6.95. The van der Waals surface area contributed by atoms with Crippen LogP contribution in [0.25, 0.3) is 0 Å². The highest BCUT2D eigenvalue weighted by Crippen LogP contribution is 2.20. The van der Waals surface area contributed by atoms with Crippen molar-refractivity contribution in [2.75, 3.05) is 17.2 Å². The molecule has 0 heterocycles. The molecule has 0 bridgehead atoms. The van der Waals surface area contributed by atoms with Crippen molar-refractivity contribution >= 4 is 40.8 Å². The Labute approximate surface area is 169 Å². The molecule has 0 saturated heterocycles. The van der Waals surface area contributed by atoms with Crippen LogP contribution in [0.2, 0.25) is 5.02 Å². The summed E-state index contributed by atoms with van der Waals surface area (Å²) in [6.45, 7) is 5.25. The summed E-state index contributed by atoms with van der Waals surface area (Å²) >= 11 is 6.00. The average Bonchev–Trinajstić information content (AvgIpc) is 2.64. The molecule has 0 unspecified atom stereocenters. The first-order chi connectivity index (χ1) is 13.2. The van der Waals surface area contributed by atoms with Crippen LogP contribution in [0, 0.1) is 20.8 Å². The summed E-state index contributed by atoms with van der Waals surface area (Å²) < 4.78 is 4.91. The molecule has 0 spiro atoms. The van der Waals surface area contributed by atoms with Gasteiger partial charge in [0.15, 0.2) is 6.61 Å². The van der Waals surface area contributed by atoms with Gasteiger partial charge in [0.25, 0.3) is 5.91 Å². The Kier molecular flexibility index (Phi) is 7.58. The lowest BCUT2D eigenvalue weighted by Crippen LogP contribution is -2.22. The molecule has 2 aromatic carbocycles. The molecule has 7 heteroatoms. The third-order valence-corrected chi connectivity index (χ3v) is 4.45. The van der Waals surface area contributed by atoms with Crippen molar-refractivity contribution in [3.05, 3.63) is 58.1 Å². The maximum atomic E-state index is 12.0. The van der Waals surface area contributed by atoms with Crippen LogP contribution in [0.5, 0.6) is 0 Å². The highest BCUT2D eigenvalue weighted by Gasteiger charge is 2.12.